The highest BCUT2D eigenvalue weighted by Gasteiger charge is 2.42. The van der Waals surface area contributed by atoms with E-state index in [1.54, 1.807) is 12.1 Å². The van der Waals surface area contributed by atoms with Crippen molar-refractivity contribution >= 4 is 11.7 Å². The van der Waals surface area contributed by atoms with Crippen LogP contribution in [0.3, 0.4) is 0 Å². The molecule has 0 spiro atoms. The van der Waals surface area contributed by atoms with Crippen LogP contribution >= 0.6 is 0 Å². The van der Waals surface area contributed by atoms with Gasteiger partial charge in [-0.05, 0) is 55.7 Å². The molecule has 0 heterocycles. The number of benzene rings is 1. The summed E-state index contributed by atoms with van der Waals surface area (Å²) in [5.74, 6) is -0.571. The van der Waals surface area contributed by atoms with Crippen LogP contribution < -0.4 is 5.32 Å². The van der Waals surface area contributed by atoms with Crippen molar-refractivity contribution < 1.29 is 13.9 Å². The van der Waals surface area contributed by atoms with Crippen LogP contribution in [0.1, 0.15) is 46.0 Å². The first-order chi connectivity index (χ1) is 9.87. The van der Waals surface area contributed by atoms with Gasteiger partial charge in [0.2, 0.25) is 0 Å². The first-order valence-corrected chi connectivity index (χ1v) is 7.49. The van der Waals surface area contributed by atoms with Gasteiger partial charge in [0.05, 0.1) is 7.11 Å². The van der Waals surface area contributed by atoms with Gasteiger partial charge in [-0.15, -0.1) is 0 Å². The molecule has 2 rings (SSSR count). The number of ether oxygens (including phenoxy) is 1. The van der Waals surface area contributed by atoms with Crippen LogP contribution in [0.5, 0.6) is 0 Å². The number of carbonyl (C=O) groups excluding carboxylic acids is 1. The molecular formula is C17H24FNO2. The Balaban J connectivity index is 2.27. The van der Waals surface area contributed by atoms with Gasteiger partial charge >= 0.3 is 5.97 Å². The fourth-order valence-electron chi connectivity index (χ4n) is 3.09. The highest BCUT2D eigenvalue weighted by Crippen LogP contribution is 2.40. The van der Waals surface area contributed by atoms with Crippen molar-refractivity contribution in [2.75, 3.05) is 12.4 Å². The number of rotatable bonds is 3. The second-order valence-electron chi connectivity index (χ2n) is 6.73. The summed E-state index contributed by atoms with van der Waals surface area (Å²) in [5, 5.41) is 3.25. The average Bonchev–Trinajstić information content (AvgIpc) is 2.58. The van der Waals surface area contributed by atoms with Gasteiger partial charge in [0, 0.05) is 5.69 Å². The molecule has 1 N–H and O–H groups in total. The van der Waals surface area contributed by atoms with Crippen molar-refractivity contribution in [2.24, 2.45) is 5.41 Å². The van der Waals surface area contributed by atoms with E-state index in [0.717, 1.165) is 19.3 Å². The van der Waals surface area contributed by atoms with Crippen molar-refractivity contribution in [3.05, 3.63) is 30.1 Å². The predicted molar refractivity (Wildman–Crippen MR) is 81.6 cm³/mol. The summed E-state index contributed by atoms with van der Waals surface area (Å²) >= 11 is 0. The molecule has 0 aliphatic heterocycles. The fourth-order valence-corrected chi connectivity index (χ4v) is 3.09. The summed E-state index contributed by atoms with van der Waals surface area (Å²) in [5.41, 5.74) is 0.0931. The molecule has 1 fully saturated rings. The Kier molecular flexibility index (Phi) is 4.55. The fraction of sp³-hybridized carbons (Fsp3) is 0.588. The Morgan fingerprint density at radius 1 is 1.24 bits per heavy atom. The van der Waals surface area contributed by atoms with E-state index >= 15 is 0 Å². The van der Waals surface area contributed by atoms with E-state index in [-0.39, 0.29) is 17.2 Å². The van der Waals surface area contributed by atoms with Gasteiger partial charge in [0.1, 0.15) is 11.4 Å². The Morgan fingerprint density at radius 2 is 2.00 bits per heavy atom. The maximum Gasteiger partial charge on any atom is 0.331 e. The summed E-state index contributed by atoms with van der Waals surface area (Å²) in [7, 11) is 1.41. The van der Waals surface area contributed by atoms with Crippen LogP contribution in [-0.4, -0.2) is 18.6 Å². The molecule has 0 amide bonds. The highest BCUT2D eigenvalue weighted by atomic mass is 19.1. The Bertz CT molecular complexity index is 515. The molecule has 116 valence electrons. The van der Waals surface area contributed by atoms with Gasteiger partial charge < -0.3 is 10.1 Å². The van der Waals surface area contributed by atoms with Crippen LogP contribution in [0.25, 0.3) is 0 Å². The van der Waals surface area contributed by atoms with E-state index in [1.807, 2.05) is 0 Å². The molecule has 0 aromatic heterocycles. The summed E-state index contributed by atoms with van der Waals surface area (Å²) in [4.78, 5) is 12.4. The normalized spacial score (nSPS) is 25.0. The van der Waals surface area contributed by atoms with E-state index in [2.05, 4.69) is 19.2 Å². The Hall–Kier alpha value is -1.58. The molecule has 1 aromatic rings. The number of hydrogen-bond donors (Lipinski definition) is 1. The minimum Gasteiger partial charge on any atom is -0.467 e. The molecule has 0 saturated heterocycles. The van der Waals surface area contributed by atoms with Gasteiger partial charge in [0.25, 0.3) is 0 Å². The third-order valence-electron chi connectivity index (χ3n) is 4.47. The maximum absolute atomic E-state index is 13.4. The van der Waals surface area contributed by atoms with E-state index in [4.69, 9.17) is 4.74 Å². The van der Waals surface area contributed by atoms with Crippen molar-refractivity contribution in [3.8, 4) is 0 Å². The molecule has 21 heavy (non-hydrogen) atoms. The molecule has 3 nitrogen and oxygen atoms in total. The zero-order valence-corrected chi connectivity index (χ0v) is 13.0. The number of esters is 1. The number of anilines is 1. The van der Waals surface area contributed by atoms with Crippen LogP contribution in [0.2, 0.25) is 0 Å². The Morgan fingerprint density at radius 3 is 2.67 bits per heavy atom. The van der Waals surface area contributed by atoms with Crippen molar-refractivity contribution in [1.29, 1.82) is 0 Å². The number of carbonyl (C=O) groups is 1. The lowest BCUT2D eigenvalue weighted by Crippen LogP contribution is -2.47. The number of hydrogen-bond acceptors (Lipinski definition) is 3. The van der Waals surface area contributed by atoms with Crippen LogP contribution in [0.4, 0.5) is 10.1 Å². The molecule has 0 bridgehead atoms. The summed E-state index contributed by atoms with van der Waals surface area (Å²) in [6, 6.07) is 6.24. The smallest absolute Gasteiger partial charge is 0.331 e. The molecule has 1 saturated carbocycles. The quantitative estimate of drug-likeness (QED) is 0.672. The monoisotopic (exact) mass is 293 g/mol. The molecule has 1 unspecified atom stereocenters. The molecule has 1 aromatic carbocycles. The highest BCUT2D eigenvalue weighted by molar-refractivity contribution is 5.84. The zero-order chi connectivity index (χ0) is 15.5. The van der Waals surface area contributed by atoms with E-state index < -0.39 is 5.54 Å². The SMILES string of the molecule is COC(=O)C1(Nc2cccc(F)c2)CCCC(C)(C)CC1. The van der Waals surface area contributed by atoms with Gasteiger partial charge in [-0.3, -0.25) is 0 Å². The van der Waals surface area contributed by atoms with E-state index in [0.29, 0.717) is 18.5 Å². The van der Waals surface area contributed by atoms with Gasteiger partial charge in [0.15, 0.2) is 0 Å². The van der Waals surface area contributed by atoms with Crippen LogP contribution in [0, 0.1) is 11.2 Å². The van der Waals surface area contributed by atoms with E-state index in [1.165, 1.54) is 19.2 Å². The van der Waals surface area contributed by atoms with Crippen molar-refractivity contribution in [3.63, 3.8) is 0 Å². The van der Waals surface area contributed by atoms with Crippen molar-refractivity contribution in [1.82, 2.24) is 0 Å². The Labute approximate surface area is 125 Å². The lowest BCUT2D eigenvalue weighted by Gasteiger charge is -2.32. The molecule has 0 radical (unpaired) electrons. The van der Waals surface area contributed by atoms with Gasteiger partial charge in [-0.2, -0.15) is 0 Å². The topological polar surface area (TPSA) is 38.3 Å². The minimum atomic E-state index is -0.754. The molecular weight excluding hydrogens is 269 g/mol. The number of methoxy groups -OCH3 is 1. The first-order valence-electron chi connectivity index (χ1n) is 7.49. The third-order valence-corrected chi connectivity index (χ3v) is 4.47. The van der Waals surface area contributed by atoms with Crippen LogP contribution in [0.15, 0.2) is 24.3 Å². The molecule has 1 atom stereocenters. The average molecular weight is 293 g/mol. The minimum absolute atomic E-state index is 0.222. The van der Waals surface area contributed by atoms with E-state index in [9.17, 15) is 9.18 Å². The second-order valence-corrected chi connectivity index (χ2v) is 6.73. The first kappa shape index (κ1) is 15.8. The molecule has 1 aliphatic carbocycles. The zero-order valence-electron chi connectivity index (χ0n) is 13.0. The van der Waals surface area contributed by atoms with Gasteiger partial charge in [-0.25, -0.2) is 9.18 Å². The lowest BCUT2D eigenvalue weighted by atomic mass is 9.83. The molecule has 1 aliphatic rings. The number of nitrogens with one attached hydrogen (secondary N) is 1. The summed E-state index contributed by atoms with van der Waals surface area (Å²) < 4.78 is 18.4. The largest absolute Gasteiger partial charge is 0.467 e. The third kappa shape index (κ3) is 3.74. The predicted octanol–water partition coefficient (Wildman–Crippen LogP) is 4.14. The number of halogens is 1. The lowest BCUT2D eigenvalue weighted by molar-refractivity contribution is -0.146. The maximum atomic E-state index is 13.4. The summed E-state index contributed by atoms with van der Waals surface area (Å²) in [6.45, 7) is 4.45. The van der Waals surface area contributed by atoms with Crippen LogP contribution in [-0.2, 0) is 9.53 Å². The summed E-state index contributed by atoms with van der Waals surface area (Å²) in [6.07, 6.45) is 4.37. The standard InChI is InChI=1S/C17H24FNO2/c1-16(2)8-5-9-17(11-10-16,15(20)21-3)19-14-7-4-6-13(18)12-14/h4,6-7,12,19H,5,8-11H2,1-3H3. The van der Waals surface area contributed by atoms with Gasteiger partial charge in [-0.1, -0.05) is 19.9 Å². The molecule has 4 heteroatoms. The second kappa shape index (κ2) is 6.04. The van der Waals surface area contributed by atoms with Crippen molar-refractivity contribution in [2.45, 2.75) is 51.5 Å².